The van der Waals surface area contributed by atoms with E-state index in [4.69, 9.17) is 9.47 Å². The molecule has 0 spiro atoms. The number of hydrogen-bond acceptors (Lipinski definition) is 3. The van der Waals surface area contributed by atoms with E-state index in [-0.39, 0.29) is 5.92 Å². The molecule has 1 rings (SSSR count). The molecule has 0 aliphatic heterocycles. The van der Waals surface area contributed by atoms with Crippen molar-refractivity contribution in [2.75, 3.05) is 13.2 Å². The Bertz CT molecular complexity index is 584. The first-order chi connectivity index (χ1) is 14.8. The predicted octanol–water partition coefficient (Wildman–Crippen LogP) is 7.50. The van der Waals surface area contributed by atoms with Gasteiger partial charge in [-0.05, 0) is 51.2 Å². The lowest BCUT2D eigenvalue weighted by Gasteiger charge is -2.35. The first-order valence-electron chi connectivity index (χ1n) is 11.9. The Hall–Kier alpha value is -1.11. The molecule has 1 atom stereocenters. The maximum Gasteiger partial charge on any atom is 0.416 e. The van der Waals surface area contributed by atoms with Crippen LogP contribution in [0.25, 0.3) is 0 Å². The van der Waals surface area contributed by atoms with Crippen molar-refractivity contribution in [3.63, 3.8) is 0 Å². The normalized spacial score (nSPS) is 13.5. The zero-order chi connectivity index (χ0) is 23.2. The third-order valence-electron chi connectivity index (χ3n) is 5.65. The van der Waals surface area contributed by atoms with Crippen molar-refractivity contribution >= 4 is 0 Å². The van der Waals surface area contributed by atoms with Gasteiger partial charge in [0.25, 0.3) is 5.97 Å². The Morgan fingerprint density at radius 3 is 2.00 bits per heavy atom. The van der Waals surface area contributed by atoms with Crippen LogP contribution < -0.4 is 0 Å². The molecule has 0 aromatic heterocycles. The summed E-state index contributed by atoms with van der Waals surface area (Å²) >= 11 is 0. The van der Waals surface area contributed by atoms with Crippen molar-refractivity contribution in [1.82, 2.24) is 0 Å². The second-order valence-corrected chi connectivity index (χ2v) is 8.19. The number of aryl methyl sites for hydroxylation is 1. The Labute approximate surface area is 186 Å². The molecule has 0 saturated carbocycles. The highest BCUT2D eigenvalue weighted by atomic mass is 19.4. The Balaban J connectivity index is 2.61. The topological polar surface area (TPSA) is 38.7 Å². The largest absolute Gasteiger partial charge is 0.416 e. The summed E-state index contributed by atoms with van der Waals surface area (Å²) in [5.41, 5.74) is 0.0835. The highest BCUT2D eigenvalue weighted by Gasteiger charge is 2.38. The number of rotatable bonds is 17. The molecule has 6 heteroatoms. The summed E-state index contributed by atoms with van der Waals surface area (Å²) in [5, 5.41) is 11.0. The van der Waals surface area contributed by atoms with Crippen molar-refractivity contribution in [2.45, 2.75) is 104 Å². The summed E-state index contributed by atoms with van der Waals surface area (Å²) in [6.07, 6.45) is 6.35. The fraction of sp³-hybridized carbons (Fsp3) is 0.760. The van der Waals surface area contributed by atoms with E-state index in [1.54, 1.807) is 6.07 Å². The summed E-state index contributed by atoms with van der Waals surface area (Å²) in [7, 11) is 0. The van der Waals surface area contributed by atoms with Crippen molar-refractivity contribution in [3.8, 4) is 0 Å². The van der Waals surface area contributed by atoms with Crippen LogP contribution in [-0.4, -0.2) is 24.3 Å². The van der Waals surface area contributed by atoms with Crippen molar-refractivity contribution in [2.24, 2.45) is 5.92 Å². The third-order valence-corrected chi connectivity index (χ3v) is 5.65. The van der Waals surface area contributed by atoms with Gasteiger partial charge < -0.3 is 14.6 Å². The monoisotopic (exact) mass is 446 g/mol. The number of halogens is 3. The van der Waals surface area contributed by atoms with Gasteiger partial charge in [0, 0.05) is 19.1 Å². The number of aliphatic hydroxyl groups is 1. The van der Waals surface area contributed by atoms with Gasteiger partial charge in [0.05, 0.1) is 5.56 Å². The van der Waals surface area contributed by atoms with Crippen LogP contribution in [-0.2, 0) is 22.1 Å². The molecule has 1 unspecified atom stereocenters. The molecule has 3 nitrogen and oxygen atoms in total. The molecule has 180 valence electrons. The van der Waals surface area contributed by atoms with Crippen LogP contribution in [0, 0.1) is 5.92 Å². The van der Waals surface area contributed by atoms with Gasteiger partial charge in [-0.15, -0.1) is 0 Å². The molecule has 0 saturated heterocycles. The quantitative estimate of drug-likeness (QED) is 0.199. The molecule has 0 amide bonds. The second kappa shape index (κ2) is 14.9. The standard InChI is InChI=1S/C25H41F3O3/c1-4-7-8-9-10-11-17-22(25(29,30-5-2)31-6-3)18-13-12-15-21-16-14-19-23(20-21)24(26,27)28/h14,16,19-20,22,29H,4-13,15,17-18H2,1-3H3. The fourth-order valence-electron chi connectivity index (χ4n) is 3.99. The van der Waals surface area contributed by atoms with E-state index in [0.29, 0.717) is 31.6 Å². The van der Waals surface area contributed by atoms with Gasteiger partial charge in [0.2, 0.25) is 0 Å². The summed E-state index contributed by atoms with van der Waals surface area (Å²) in [4.78, 5) is 0. The summed E-state index contributed by atoms with van der Waals surface area (Å²) < 4.78 is 49.9. The van der Waals surface area contributed by atoms with E-state index in [1.807, 2.05) is 13.8 Å². The van der Waals surface area contributed by atoms with Crippen LogP contribution in [0.2, 0.25) is 0 Å². The van der Waals surface area contributed by atoms with E-state index in [1.165, 1.54) is 37.8 Å². The predicted molar refractivity (Wildman–Crippen MR) is 119 cm³/mol. The average molecular weight is 447 g/mol. The van der Waals surface area contributed by atoms with Crippen molar-refractivity contribution < 1.29 is 27.8 Å². The SMILES string of the molecule is CCCCCCCCC(CCCCc1cccc(C(F)(F)F)c1)C(O)(OCC)OCC. The van der Waals surface area contributed by atoms with E-state index < -0.39 is 17.7 Å². The molecular formula is C25H41F3O3. The van der Waals surface area contributed by atoms with Crippen LogP contribution in [0.1, 0.15) is 96.1 Å². The molecule has 0 aliphatic rings. The van der Waals surface area contributed by atoms with Crippen LogP contribution in [0.15, 0.2) is 24.3 Å². The number of hydrogen-bond donors (Lipinski definition) is 1. The fourth-order valence-corrected chi connectivity index (χ4v) is 3.99. The van der Waals surface area contributed by atoms with Gasteiger partial charge in [-0.25, -0.2) is 0 Å². The molecule has 1 aromatic rings. The molecular weight excluding hydrogens is 405 g/mol. The molecule has 1 aromatic carbocycles. The van der Waals surface area contributed by atoms with Crippen LogP contribution in [0.3, 0.4) is 0 Å². The second-order valence-electron chi connectivity index (χ2n) is 8.19. The molecule has 31 heavy (non-hydrogen) atoms. The summed E-state index contributed by atoms with van der Waals surface area (Å²) in [6, 6.07) is 5.52. The Kier molecular flexibility index (Phi) is 13.4. The molecule has 0 fully saturated rings. The van der Waals surface area contributed by atoms with E-state index in [9.17, 15) is 18.3 Å². The number of ether oxygens (including phenoxy) is 2. The first kappa shape index (κ1) is 27.9. The molecule has 0 radical (unpaired) electrons. The minimum absolute atomic E-state index is 0.153. The van der Waals surface area contributed by atoms with Gasteiger partial charge in [-0.2, -0.15) is 13.2 Å². The lowest BCUT2D eigenvalue weighted by Crippen LogP contribution is -2.44. The molecule has 0 aliphatic carbocycles. The van der Waals surface area contributed by atoms with Crippen LogP contribution in [0.5, 0.6) is 0 Å². The van der Waals surface area contributed by atoms with Gasteiger partial charge in [-0.1, -0.05) is 70.1 Å². The molecule has 0 bridgehead atoms. The summed E-state index contributed by atoms with van der Waals surface area (Å²) in [6.45, 7) is 6.57. The molecule has 1 N–H and O–H groups in total. The number of unbranched alkanes of at least 4 members (excludes halogenated alkanes) is 6. The summed E-state index contributed by atoms with van der Waals surface area (Å²) in [5.74, 6) is -1.75. The number of benzene rings is 1. The van der Waals surface area contributed by atoms with Gasteiger partial charge in [0.15, 0.2) is 0 Å². The van der Waals surface area contributed by atoms with E-state index in [0.717, 1.165) is 38.2 Å². The van der Waals surface area contributed by atoms with Crippen molar-refractivity contribution in [1.29, 1.82) is 0 Å². The average Bonchev–Trinajstić information content (AvgIpc) is 2.72. The van der Waals surface area contributed by atoms with Gasteiger partial charge in [-0.3, -0.25) is 0 Å². The Morgan fingerprint density at radius 1 is 0.839 bits per heavy atom. The van der Waals surface area contributed by atoms with Crippen LogP contribution >= 0.6 is 0 Å². The third kappa shape index (κ3) is 10.8. The van der Waals surface area contributed by atoms with Gasteiger partial charge >= 0.3 is 6.18 Å². The lowest BCUT2D eigenvalue weighted by molar-refractivity contribution is -0.385. The first-order valence-corrected chi connectivity index (χ1v) is 11.9. The minimum atomic E-state index is -4.32. The van der Waals surface area contributed by atoms with Crippen LogP contribution in [0.4, 0.5) is 13.2 Å². The highest BCUT2D eigenvalue weighted by molar-refractivity contribution is 5.25. The minimum Gasteiger partial charge on any atom is -0.343 e. The zero-order valence-electron chi connectivity index (χ0n) is 19.5. The zero-order valence-corrected chi connectivity index (χ0v) is 19.5. The highest BCUT2D eigenvalue weighted by Crippen LogP contribution is 2.32. The lowest BCUT2D eigenvalue weighted by atomic mass is 9.91. The van der Waals surface area contributed by atoms with Gasteiger partial charge in [0.1, 0.15) is 0 Å². The number of alkyl halides is 3. The smallest absolute Gasteiger partial charge is 0.343 e. The molecule has 0 heterocycles. The Morgan fingerprint density at radius 2 is 1.42 bits per heavy atom. The van der Waals surface area contributed by atoms with E-state index >= 15 is 0 Å². The van der Waals surface area contributed by atoms with Crippen molar-refractivity contribution in [3.05, 3.63) is 35.4 Å². The maximum atomic E-state index is 12.9. The van der Waals surface area contributed by atoms with E-state index in [2.05, 4.69) is 6.92 Å². The maximum absolute atomic E-state index is 12.9.